The molecule has 4 rings (SSSR count). The molecule has 0 spiro atoms. The number of carbonyl (C=O) groups is 1. The Labute approximate surface area is 197 Å². The molecule has 1 aliphatic heterocycles. The lowest BCUT2D eigenvalue weighted by Crippen LogP contribution is -2.61. The lowest BCUT2D eigenvalue weighted by molar-refractivity contribution is -0.271. The highest BCUT2D eigenvalue weighted by atomic mass is 16.7. The number of aliphatic hydroxyl groups excluding tert-OH is 3. The molecule has 2 heterocycles. The van der Waals surface area contributed by atoms with Crippen molar-refractivity contribution in [2.24, 2.45) is 0 Å². The van der Waals surface area contributed by atoms with Crippen LogP contribution in [0.1, 0.15) is 0 Å². The third-order valence-corrected chi connectivity index (χ3v) is 5.52. The van der Waals surface area contributed by atoms with Crippen molar-refractivity contribution >= 4 is 16.9 Å². The van der Waals surface area contributed by atoms with E-state index in [2.05, 4.69) is 0 Å². The number of aliphatic carboxylic acids is 1. The molecule has 5 atom stereocenters. The summed E-state index contributed by atoms with van der Waals surface area (Å²) in [5.74, 6) is -1.26. The summed E-state index contributed by atoms with van der Waals surface area (Å²) < 4.78 is 26.8. The van der Waals surface area contributed by atoms with Crippen molar-refractivity contribution in [1.82, 2.24) is 0 Å². The minimum absolute atomic E-state index is 0.0852. The van der Waals surface area contributed by atoms with Gasteiger partial charge < -0.3 is 48.9 Å². The fourth-order valence-electron chi connectivity index (χ4n) is 3.73. The zero-order valence-corrected chi connectivity index (χ0v) is 18.4. The topological polar surface area (TPSA) is 185 Å². The second kappa shape index (κ2) is 9.43. The fraction of sp³-hybridized carbons (Fsp3) is 0.304. The summed E-state index contributed by atoms with van der Waals surface area (Å²) in [6, 6.07) is 8.30. The molecule has 186 valence electrons. The maximum atomic E-state index is 12.7. The van der Waals surface area contributed by atoms with Crippen molar-refractivity contribution in [2.75, 3.05) is 14.2 Å². The third kappa shape index (κ3) is 4.47. The van der Waals surface area contributed by atoms with Gasteiger partial charge in [0.2, 0.25) is 6.29 Å². The number of carboxylic acids is 1. The first-order valence-electron chi connectivity index (χ1n) is 10.3. The van der Waals surface area contributed by atoms with E-state index < -0.39 is 47.9 Å². The molecule has 1 aromatic heterocycles. The Kier molecular flexibility index (Phi) is 6.54. The molecule has 2 aromatic carbocycles. The summed E-state index contributed by atoms with van der Waals surface area (Å²) in [4.78, 5) is 24.0. The SMILES string of the molecule is COc1ccc(-c2cc(=O)c3c(O)cc(OC4OC(C(=O)O)C(O)C(O)C4O)cc3o2)cc1OC. The maximum absolute atomic E-state index is 12.7. The molecule has 1 aliphatic rings. The Balaban J connectivity index is 1.72. The second-order valence-corrected chi connectivity index (χ2v) is 7.71. The highest BCUT2D eigenvalue weighted by molar-refractivity contribution is 5.86. The smallest absolute Gasteiger partial charge is 0.335 e. The molecule has 0 saturated carbocycles. The molecule has 12 heteroatoms. The second-order valence-electron chi connectivity index (χ2n) is 7.71. The van der Waals surface area contributed by atoms with E-state index in [4.69, 9.17) is 23.4 Å². The minimum atomic E-state index is -1.89. The van der Waals surface area contributed by atoms with Crippen LogP contribution >= 0.6 is 0 Å². The Morgan fingerprint density at radius 2 is 1.66 bits per heavy atom. The molecule has 0 radical (unpaired) electrons. The number of aliphatic hydroxyl groups is 3. The summed E-state index contributed by atoms with van der Waals surface area (Å²) in [6.07, 6.45) is -9.18. The van der Waals surface area contributed by atoms with E-state index >= 15 is 0 Å². The van der Waals surface area contributed by atoms with Crippen molar-refractivity contribution in [3.05, 3.63) is 46.6 Å². The molecule has 12 nitrogen and oxygen atoms in total. The molecule has 5 N–H and O–H groups in total. The van der Waals surface area contributed by atoms with Crippen molar-refractivity contribution in [3.8, 4) is 34.3 Å². The van der Waals surface area contributed by atoms with Gasteiger partial charge in [-0.25, -0.2) is 4.79 Å². The van der Waals surface area contributed by atoms with E-state index in [0.29, 0.717) is 17.1 Å². The largest absolute Gasteiger partial charge is 0.507 e. The summed E-state index contributed by atoms with van der Waals surface area (Å²) in [5, 5.41) is 49.4. The molecule has 0 bridgehead atoms. The highest BCUT2D eigenvalue weighted by Gasteiger charge is 2.48. The average Bonchev–Trinajstić information content (AvgIpc) is 2.83. The van der Waals surface area contributed by atoms with Crippen LogP contribution < -0.4 is 19.6 Å². The number of rotatable bonds is 6. The van der Waals surface area contributed by atoms with Crippen LogP contribution in [0.15, 0.2) is 45.6 Å². The van der Waals surface area contributed by atoms with E-state index in [1.54, 1.807) is 18.2 Å². The van der Waals surface area contributed by atoms with Crippen molar-refractivity contribution < 1.29 is 53.7 Å². The number of carboxylic acid groups (broad SMARTS) is 1. The predicted octanol–water partition coefficient (Wildman–Crippen LogP) is 0.454. The van der Waals surface area contributed by atoms with E-state index in [0.717, 1.165) is 6.07 Å². The number of fused-ring (bicyclic) bond motifs is 1. The molecule has 0 aliphatic carbocycles. The number of ether oxygens (including phenoxy) is 4. The van der Waals surface area contributed by atoms with Crippen LogP contribution in [0.4, 0.5) is 0 Å². The molecule has 1 saturated heterocycles. The van der Waals surface area contributed by atoms with Gasteiger partial charge in [0.1, 0.15) is 46.5 Å². The van der Waals surface area contributed by atoms with Gasteiger partial charge in [-0.05, 0) is 18.2 Å². The summed E-state index contributed by atoms with van der Waals surface area (Å²) >= 11 is 0. The van der Waals surface area contributed by atoms with Gasteiger partial charge in [-0.15, -0.1) is 0 Å². The lowest BCUT2D eigenvalue weighted by atomic mass is 9.99. The van der Waals surface area contributed by atoms with Crippen LogP contribution in [0.5, 0.6) is 23.0 Å². The minimum Gasteiger partial charge on any atom is -0.507 e. The number of benzene rings is 2. The predicted molar refractivity (Wildman–Crippen MR) is 118 cm³/mol. The van der Waals surface area contributed by atoms with E-state index in [1.165, 1.54) is 26.4 Å². The monoisotopic (exact) mass is 490 g/mol. The van der Waals surface area contributed by atoms with E-state index in [1.807, 2.05) is 0 Å². The quantitative estimate of drug-likeness (QED) is 0.322. The van der Waals surface area contributed by atoms with Gasteiger partial charge in [-0.3, -0.25) is 4.79 Å². The fourth-order valence-corrected chi connectivity index (χ4v) is 3.73. The normalized spacial score (nSPS) is 24.2. The molecule has 0 amide bonds. The van der Waals surface area contributed by atoms with Gasteiger partial charge in [0.25, 0.3) is 0 Å². The Morgan fingerprint density at radius 1 is 0.943 bits per heavy atom. The molecule has 35 heavy (non-hydrogen) atoms. The van der Waals surface area contributed by atoms with Crippen LogP contribution in [-0.2, 0) is 9.53 Å². The molecular weight excluding hydrogens is 468 g/mol. The molecule has 1 fully saturated rings. The Bertz CT molecular complexity index is 1320. The van der Waals surface area contributed by atoms with Gasteiger partial charge >= 0.3 is 5.97 Å². The number of hydrogen-bond donors (Lipinski definition) is 5. The number of hydrogen-bond acceptors (Lipinski definition) is 11. The summed E-state index contributed by atoms with van der Waals surface area (Å²) in [5.41, 5.74) is -0.170. The van der Waals surface area contributed by atoms with Crippen LogP contribution in [0.3, 0.4) is 0 Å². The van der Waals surface area contributed by atoms with Crippen LogP contribution in [0.2, 0.25) is 0 Å². The number of phenolic OH excluding ortho intramolecular Hbond substituents is 1. The van der Waals surface area contributed by atoms with E-state index in [-0.39, 0.29) is 22.5 Å². The first-order chi connectivity index (χ1) is 16.6. The molecule has 3 aromatic rings. The maximum Gasteiger partial charge on any atom is 0.335 e. The average molecular weight is 490 g/mol. The van der Waals surface area contributed by atoms with Gasteiger partial charge in [-0.2, -0.15) is 0 Å². The van der Waals surface area contributed by atoms with Gasteiger partial charge in [0.15, 0.2) is 23.0 Å². The Morgan fingerprint density at radius 3 is 2.31 bits per heavy atom. The number of aromatic hydroxyl groups is 1. The van der Waals surface area contributed by atoms with Crippen LogP contribution in [0, 0.1) is 0 Å². The van der Waals surface area contributed by atoms with Gasteiger partial charge in [0.05, 0.1) is 14.2 Å². The van der Waals surface area contributed by atoms with Gasteiger partial charge in [0, 0.05) is 23.8 Å². The number of phenols is 1. The summed E-state index contributed by atoms with van der Waals surface area (Å²) in [7, 11) is 2.93. The Hall–Kier alpha value is -3.84. The van der Waals surface area contributed by atoms with Crippen LogP contribution in [0.25, 0.3) is 22.3 Å². The van der Waals surface area contributed by atoms with Crippen LogP contribution in [-0.4, -0.2) is 76.4 Å². The zero-order chi connectivity index (χ0) is 25.4. The summed E-state index contributed by atoms with van der Waals surface area (Å²) in [6.45, 7) is 0. The van der Waals surface area contributed by atoms with Crippen molar-refractivity contribution in [1.29, 1.82) is 0 Å². The first-order valence-corrected chi connectivity index (χ1v) is 10.3. The third-order valence-electron chi connectivity index (χ3n) is 5.52. The zero-order valence-electron chi connectivity index (χ0n) is 18.4. The standard InChI is InChI=1S/C23H22O12/c1-31-13-4-3-9(5-15(13)32-2)14-8-12(25)17-11(24)6-10(7-16(17)34-14)33-23-20(28)18(26)19(27)21(35-23)22(29)30/h3-8,18-21,23-24,26-28H,1-2H3,(H,29,30). The van der Waals surface area contributed by atoms with E-state index in [9.17, 15) is 35.1 Å². The highest BCUT2D eigenvalue weighted by Crippen LogP contribution is 2.35. The first kappa shape index (κ1) is 24.3. The van der Waals surface area contributed by atoms with Gasteiger partial charge in [-0.1, -0.05) is 0 Å². The lowest BCUT2D eigenvalue weighted by Gasteiger charge is -2.38. The van der Waals surface area contributed by atoms with Crippen molar-refractivity contribution in [2.45, 2.75) is 30.7 Å². The van der Waals surface area contributed by atoms with Crippen molar-refractivity contribution in [3.63, 3.8) is 0 Å². The number of methoxy groups -OCH3 is 2. The molecular formula is C23H22O12. The molecule has 5 unspecified atom stereocenters.